The van der Waals surface area contributed by atoms with Gasteiger partial charge in [0.2, 0.25) is 5.95 Å². The van der Waals surface area contributed by atoms with E-state index in [-0.39, 0.29) is 5.12 Å². The lowest BCUT2D eigenvalue weighted by atomic mass is 10.0. The number of anilines is 2. The van der Waals surface area contributed by atoms with E-state index in [0.717, 1.165) is 39.2 Å². The van der Waals surface area contributed by atoms with Crippen LogP contribution >= 0.6 is 11.8 Å². The van der Waals surface area contributed by atoms with Gasteiger partial charge in [0.15, 0.2) is 5.12 Å². The zero-order valence-corrected chi connectivity index (χ0v) is 18.5. The summed E-state index contributed by atoms with van der Waals surface area (Å²) in [6.45, 7) is 4.36. The van der Waals surface area contributed by atoms with Crippen LogP contribution in [0.3, 0.4) is 0 Å². The summed E-state index contributed by atoms with van der Waals surface area (Å²) in [6.07, 6.45) is 3.18. The second kappa shape index (κ2) is 7.81. The topological polar surface area (TPSA) is 72.7 Å². The molecular weight excluding hydrogens is 406 g/mol. The van der Waals surface area contributed by atoms with Crippen LogP contribution < -0.4 is 5.32 Å². The standard InChI is InChI=1S/C24H23N5OS/c1-14(2)23-18-12-16(5-8-20(18)28-29(23)3)19-10-11-25-24(27-19)26-17-7-4-15-6-9-22(30)31-21(15)13-17/h4-5,7-8,10-14H,6,9H2,1-3H3,(H,25,26,27). The molecule has 2 aromatic heterocycles. The van der Waals surface area contributed by atoms with Gasteiger partial charge in [0.1, 0.15) is 0 Å². The van der Waals surface area contributed by atoms with Crippen molar-refractivity contribution >= 4 is 39.4 Å². The van der Waals surface area contributed by atoms with Gasteiger partial charge in [-0.1, -0.05) is 37.7 Å². The van der Waals surface area contributed by atoms with Crippen molar-refractivity contribution < 1.29 is 4.79 Å². The molecule has 0 unspecified atom stereocenters. The number of aromatic nitrogens is 4. The number of fused-ring (bicyclic) bond motifs is 2. The van der Waals surface area contributed by atoms with Crippen LogP contribution in [0.25, 0.3) is 22.2 Å². The first-order valence-electron chi connectivity index (χ1n) is 10.4. The van der Waals surface area contributed by atoms with Crippen molar-refractivity contribution in [1.29, 1.82) is 0 Å². The van der Waals surface area contributed by atoms with Crippen LogP contribution in [0.15, 0.2) is 53.6 Å². The molecule has 2 aromatic carbocycles. The lowest BCUT2D eigenvalue weighted by Crippen LogP contribution is -2.05. The minimum absolute atomic E-state index is 0.217. The molecule has 156 valence electrons. The van der Waals surface area contributed by atoms with Gasteiger partial charge in [-0.15, -0.1) is 0 Å². The maximum Gasteiger partial charge on any atom is 0.227 e. The molecule has 4 aromatic rings. The number of thioether (sulfide) groups is 1. The minimum Gasteiger partial charge on any atom is -0.324 e. The molecule has 0 aliphatic carbocycles. The number of hydrogen-bond donors (Lipinski definition) is 1. The van der Waals surface area contributed by atoms with E-state index >= 15 is 0 Å². The van der Waals surface area contributed by atoms with E-state index in [2.05, 4.69) is 41.4 Å². The molecule has 6 nitrogen and oxygen atoms in total. The molecule has 7 heteroatoms. The quantitative estimate of drug-likeness (QED) is 0.464. The highest BCUT2D eigenvalue weighted by Crippen LogP contribution is 2.34. The van der Waals surface area contributed by atoms with E-state index in [1.54, 1.807) is 6.20 Å². The highest BCUT2D eigenvalue weighted by Gasteiger charge is 2.17. The van der Waals surface area contributed by atoms with Crippen LogP contribution in [-0.2, 0) is 18.3 Å². The highest BCUT2D eigenvalue weighted by atomic mass is 32.2. The van der Waals surface area contributed by atoms with Crippen molar-refractivity contribution in [3.05, 3.63) is 59.9 Å². The predicted octanol–water partition coefficient (Wildman–Crippen LogP) is 5.46. The second-order valence-electron chi connectivity index (χ2n) is 8.08. The van der Waals surface area contributed by atoms with Crippen LogP contribution in [0, 0.1) is 0 Å². The first-order chi connectivity index (χ1) is 15.0. The van der Waals surface area contributed by atoms with Gasteiger partial charge in [0.25, 0.3) is 0 Å². The van der Waals surface area contributed by atoms with Crippen molar-refractivity contribution in [2.45, 2.75) is 37.5 Å². The smallest absolute Gasteiger partial charge is 0.227 e. The summed E-state index contributed by atoms with van der Waals surface area (Å²) in [5, 5.41) is 9.28. The summed E-state index contributed by atoms with van der Waals surface area (Å²) in [4.78, 5) is 21.9. The fourth-order valence-electron chi connectivity index (χ4n) is 4.12. The van der Waals surface area contributed by atoms with Gasteiger partial charge in [0.05, 0.1) is 11.2 Å². The largest absolute Gasteiger partial charge is 0.324 e. The maximum absolute atomic E-state index is 11.8. The third-order valence-electron chi connectivity index (χ3n) is 5.52. The average molecular weight is 430 g/mol. The van der Waals surface area contributed by atoms with Crippen LogP contribution in [-0.4, -0.2) is 24.9 Å². The third-order valence-corrected chi connectivity index (χ3v) is 6.55. The normalized spacial score (nSPS) is 13.6. The molecule has 0 atom stereocenters. The van der Waals surface area contributed by atoms with E-state index in [9.17, 15) is 4.79 Å². The number of carbonyl (C=O) groups excluding carboxylic acids is 1. The first-order valence-corrected chi connectivity index (χ1v) is 11.2. The molecule has 0 spiro atoms. The summed E-state index contributed by atoms with van der Waals surface area (Å²) in [5.74, 6) is 0.904. The van der Waals surface area contributed by atoms with E-state index < -0.39 is 0 Å². The van der Waals surface area contributed by atoms with Gasteiger partial charge in [-0.05, 0) is 48.2 Å². The minimum atomic E-state index is 0.217. The summed E-state index contributed by atoms with van der Waals surface area (Å²) in [7, 11) is 1.99. The Kier molecular flexibility index (Phi) is 4.98. The summed E-state index contributed by atoms with van der Waals surface area (Å²) in [5.41, 5.74) is 6.17. The molecule has 3 heterocycles. The van der Waals surface area contributed by atoms with Crippen molar-refractivity contribution in [2.24, 2.45) is 7.05 Å². The molecule has 0 saturated heterocycles. The Morgan fingerprint density at radius 1 is 1.10 bits per heavy atom. The summed E-state index contributed by atoms with van der Waals surface area (Å²) >= 11 is 1.32. The van der Waals surface area contributed by atoms with Crippen molar-refractivity contribution in [1.82, 2.24) is 19.7 Å². The monoisotopic (exact) mass is 429 g/mol. The molecule has 0 radical (unpaired) electrons. The lowest BCUT2D eigenvalue weighted by Gasteiger charge is -2.15. The second-order valence-corrected chi connectivity index (χ2v) is 9.18. The highest BCUT2D eigenvalue weighted by molar-refractivity contribution is 8.13. The molecule has 0 amide bonds. The van der Waals surface area contributed by atoms with Gasteiger partial charge in [-0.3, -0.25) is 9.48 Å². The fraction of sp³-hybridized carbons (Fsp3) is 0.250. The summed E-state index contributed by atoms with van der Waals surface area (Å²) < 4.78 is 1.96. The van der Waals surface area contributed by atoms with Gasteiger partial charge in [-0.2, -0.15) is 5.10 Å². The Morgan fingerprint density at radius 2 is 1.97 bits per heavy atom. The van der Waals surface area contributed by atoms with Gasteiger partial charge >= 0.3 is 0 Å². The van der Waals surface area contributed by atoms with Gasteiger partial charge < -0.3 is 5.32 Å². The van der Waals surface area contributed by atoms with Gasteiger partial charge in [0, 0.05) is 46.9 Å². The SMILES string of the molecule is CC(C)c1c2cc(-c3ccnc(Nc4ccc5c(c4)SC(=O)CC5)n3)ccc2nn1C. The van der Waals surface area contributed by atoms with Crippen molar-refractivity contribution in [2.75, 3.05) is 5.32 Å². The number of rotatable bonds is 4. The zero-order valence-electron chi connectivity index (χ0n) is 17.7. The van der Waals surface area contributed by atoms with Crippen LogP contribution in [0.5, 0.6) is 0 Å². The van der Waals surface area contributed by atoms with Crippen LogP contribution in [0.1, 0.15) is 37.4 Å². The fourth-order valence-corrected chi connectivity index (χ4v) is 5.05. The first kappa shape index (κ1) is 19.8. The molecule has 5 rings (SSSR count). The predicted molar refractivity (Wildman–Crippen MR) is 125 cm³/mol. The lowest BCUT2D eigenvalue weighted by molar-refractivity contribution is -0.111. The van der Waals surface area contributed by atoms with Crippen LogP contribution in [0.4, 0.5) is 11.6 Å². The van der Waals surface area contributed by atoms with Crippen molar-refractivity contribution in [3.63, 3.8) is 0 Å². The molecule has 0 bridgehead atoms. The van der Waals surface area contributed by atoms with Gasteiger partial charge in [-0.25, -0.2) is 9.97 Å². The molecule has 0 fully saturated rings. The van der Waals surface area contributed by atoms with E-state index in [1.807, 2.05) is 42.1 Å². The molecule has 1 N–H and O–H groups in total. The molecule has 31 heavy (non-hydrogen) atoms. The Labute approximate surface area is 185 Å². The van der Waals surface area contributed by atoms with E-state index in [4.69, 9.17) is 4.98 Å². The average Bonchev–Trinajstić information content (AvgIpc) is 3.08. The number of carbonyl (C=O) groups is 1. The number of nitrogens with one attached hydrogen (secondary N) is 1. The maximum atomic E-state index is 11.8. The molecule has 1 aliphatic heterocycles. The number of nitrogens with zero attached hydrogens (tertiary/aromatic N) is 4. The van der Waals surface area contributed by atoms with Crippen molar-refractivity contribution in [3.8, 4) is 11.3 Å². The van der Waals surface area contributed by atoms with Crippen LogP contribution in [0.2, 0.25) is 0 Å². The Morgan fingerprint density at radius 3 is 2.81 bits per heavy atom. The molecule has 1 aliphatic rings. The number of aryl methyl sites for hydroxylation is 2. The van der Waals surface area contributed by atoms with E-state index in [1.165, 1.54) is 23.0 Å². The molecule has 0 saturated carbocycles. The number of benzene rings is 2. The Bertz CT molecular complexity index is 1310. The Hall–Kier alpha value is -3.19. The zero-order chi connectivity index (χ0) is 21.5. The summed E-state index contributed by atoms with van der Waals surface area (Å²) in [6, 6.07) is 14.3. The number of hydrogen-bond acceptors (Lipinski definition) is 6. The Balaban J connectivity index is 1.46. The van der Waals surface area contributed by atoms with E-state index in [0.29, 0.717) is 18.3 Å². The third kappa shape index (κ3) is 3.81. The molecular formula is C24H23N5OS.